The Morgan fingerprint density at radius 1 is 1.14 bits per heavy atom. The maximum Gasteiger partial charge on any atom is 0.165 e. The van der Waals surface area contributed by atoms with E-state index in [0.717, 1.165) is 60.2 Å². The van der Waals surface area contributed by atoms with Gasteiger partial charge >= 0.3 is 0 Å². The number of methoxy groups -OCH3 is 1. The van der Waals surface area contributed by atoms with Crippen LogP contribution in [0.1, 0.15) is 23.7 Å². The van der Waals surface area contributed by atoms with Crippen LogP contribution >= 0.6 is 11.6 Å². The lowest BCUT2D eigenvalue weighted by atomic mass is 10.1. The van der Waals surface area contributed by atoms with E-state index in [1.165, 1.54) is 5.56 Å². The van der Waals surface area contributed by atoms with Crippen molar-refractivity contribution in [2.75, 3.05) is 20.3 Å². The van der Waals surface area contributed by atoms with Gasteiger partial charge in [-0.05, 0) is 37.3 Å². The van der Waals surface area contributed by atoms with Gasteiger partial charge in [-0.2, -0.15) is 0 Å². The first kappa shape index (κ1) is 19.7. The molecular formula is C23H24ClN3O2. The number of halogens is 1. The van der Waals surface area contributed by atoms with E-state index in [4.69, 9.17) is 26.1 Å². The zero-order valence-corrected chi connectivity index (χ0v) is 17.4. The first-order valence-electron chi connectivity index (χ1n) is 9.79. The minimum absolute atomic E-state index is 0.609. The summed E-state index contributed by atoms with van der Waals surface area (Å²) in [5.41, 5.74) is 4.41. The van der Waals surface area contributed by atoms with E-state index < -0.39 is 0 Å². The van der Waals surface area contributed by atoms with Crippen molar-refractivity contribution in [2.45, 2.75) is 26.4 Å². The van der Waals surface area contributed by atoms with Gasteiger partial charge in [0.2, 0.25) is 0 Å². The molecule has 0 aliphatic carbocycles. The average molecular weight is 410 g/mol. The number of nitrogens with zero attached hydrogens (tertiary/aromatic N) is 3. The molecule has 2 heterocycles. The van der Waals surface area contributed by atoms with Crippen LogP contribution < -0.4 is 9.47 Å². The molecule has 2 aromatic carbocycles. The van der Waals surface area contributed by atoms with E-state index in [9.17, 15) is 0 Å². The van der Waals surface area contributed by atoms with Gasteiger partial charge in [-0.1, -0.05) is 23.7 Å². The molecule has 0 unspecified atom stereocenters. The van der Waals surface area contributed by atoms with Gasteiger partial charge < -0.3 is 9.47 Å². The molecule has 0 radical (unpaired) electrons. The van der Waals surface area contributed by atoms with Gasteiger partial charge in [0.15, 0.2) is 17.3 Å². The summed E-state index contributed by atoms with van der Waals surface area (Å²) in [6.45, 7) is 5.15. The van der Waals surface area contributed by atoms with Crippen LogP contribution in [0.2, 0.25) is 5.02 Å². The summed E-state index contributed by atoms with van der Waals surface area (Å²) in [5.74, 6) is 2.36. The second-order valence-electron chi connectivity index (χ2n) is 7.01. The number of hydrogen-bond donors (Lipinski definition) is 0. The third-order valence-electron chi connectivity index (χ3n) is 5.08. The highest BCUT2D eigenvalue weighted by Gasteiger charge is 2.21. The molecular weight excluding hydrogens is 386 g/mol. The molecule has 29 heavy (non-hydrogen) atoms. The number of para-hydroxylation sites is 1. The van der Waals surface area contributed by atoms with Gasteiger partial charge in [-0.15, -0.1) is 0 Å². The molecule has 0 bridgehead atoms. The summed E-state index contributed by atoms with van der Waals surface area (Å²) >= 11 is 5.98. The maximum atomic E-state index is 5.98. The molecule has 1 aliphatic heterocycles. The Labute approximate surface area is 176 Å². The fourth-order valence-electron chi connectivity index (χ4n) is 3.64. The van der Waals surface area contributed by atoms with Crippen molar-refractivity contribution in [2.24, 2.45) is 0 Å². The van der Waals surface area contributed by atoms with Crippen LogP contribution in [-0.2, 0) is 19.5 Å². The number of rotatable bonds is 6. The first-order chi connectivity index (χ1) is 14.2. The van der Waals surface area contributed by atoms with E-state index in [-0.39, 0.29) is 0 Å². The Bertz CT molecular complexity index is 992. The summed E-state index contributed by atoms with van der Waals surface area (Å²) in [7, 11) is 1.67. The summed E-state index contributed by atoms with van der Waals surface area (Å²) in [6, 6.07) is 13.7. The number of hydrogen-bond acceptors (Lipinski definition) is 5. The topological polar surface area (TPSA) is 47.5 Å². The predicted molar refractivity (Wildman–Crippen MR) is 114 cm³/mol. The van der Waals surface area contributed by atoms with E-state index in [0.29, 0.717) is 11.6 Å². The van der Waals surface area contributed by atoms with Crippen molar-refractivity contribution in [3.63, 3.8) is 0 Å². The molecule has 0 saturated carbocycles. The van der Waals surface area contributed by atoms with Crippen LogP contribution in [0.25, 0.3) is 11.4 Å². The summed E-state index contributed by atoms with van der Waals surface area (Å²) < 4.78 is 11.3. The number of fused-ring (bicyclic) bond motifs is 1. The zero-order valence-electron chi connectivity index (χ0n) is 16.7. The number of aromatic nitrogens is 2. The van der Waals surface area contributed by atoms with Crippen molar-refractivity contribution < 1.29 is 9.47 Å². The fraction of sp³-hybridized carbons (Fsp3) is 0.304. The molecule has 5 nitrogen and oxygen atoms in total. The summed E-state index contributed by atoms with van der Waals surface area (Å²) in [6.07, 6.45) is 2.85. The molecule has 4 rings (SSSR count). The quantitative estimate of drug-likeness (QED) is 0.587. The third-order valence-corrected chi connectivity index (χ3v) is 5.33. The van der Waals surface area contributed by atoms with Crippen LogP contribution in [0.3, 0.4) is 0 Å². The van der Waals surface area contributed by atoms with Gasteiger partial charge in [0.25, 0.3) is 0 Å². The largest absolute Gasteiger partial charge is 0.493 e. The first-order valence-corrected chi connectivity index (χ1v) is 10.2. The van der Waals surface area contributed by atoms with E-state index in [1.54, 1.807) is 7.11 Å². The van der Waals surface area contributed by atoms with E-state index in [1.807, 2.05) is 49.5 Å². The molecule has 3 aromatic rings. The van der Waals surface area contributed by atoms with E-state index >= 15 is 0 Å². The molecule has 0 atom stereocenters. The van der Waals surface area contributed by atoms with Gasteiger partial charge in [0, 0.05) is 54.0 Å². The molecule has 6 heteroatoms. The van der Waals surface area contributed by atoms with Crippen LogP contribution in [0.5, 0.6) is 11.5 Å². The Morgan fingerprint density at radius 2 is 1.97 bits per heavy atom. The second kappa shape index (κ2) is 8.80. The minimum atomic E-state index is 0.609. The zero-order chi connectivity index (χ0) is 20.2. The summed E-state index contributed by atoms with van der Waals surface area (Å²) in [5, 5.41) is 0.714. The number of ether oxygens (including phenoxy) is 2. The monoisotopic (exact) mass is 409 g/mol. The Hall–Kier alpha value is -2.63. The Kier molecular flexibility index (Phi) is 5.97. The Morgan fingerprint density at radius 3 is 2.72 bits per heavy atom. The summed E-state index contributed by atoms with van der Waals surface area (Å²) in [4.78, 5) is 11.8. The molecule has 1 aromatic heterocycles. The standard InChI is InChI=1S/C23H24ClN3O2/c1-3-29-22-17(5-4-6-21(22)28-2)14-27-12-11-20-18(15-27)13-25-23(26-20)16-7-9-19(24)10-8-16/h4-10,13H,3,11-12,14-15H2,1-2H3. The molecule has 1 aliphatic rings. The average Bonchev–Trinajstić information content (AvgIpc) is 2.75. The molecule has 0 N–H and O–H groups in total. The highest BCUT2D eigenvalue weighted by Crippen LogP contribution is 2.33. The van der Waals surface area contributed by atoms with Gasteiger partial charge in [0.1, 0.15) is 0 Å². The predicted octanol–water partition coefficient (Wildman–Crippen LogP) is 4.76. The van der Waals surface area contributed by atoms with Crippen LogP contribution in [-0.4, -0.2) is 35.1 Å². The highest BCUT2D eigenvalue weighted by atomic mass is 35.5. The van der Waals surface area contributed by atoms with Crippen molar-refractivity contribution >= 4 is 11.6 Å². The van der Waals surface area contributed by atoms with Crippen LogP contribution in [0, 0.1) is 0 Å². The minimum Gasteiger partial charge on any atom is -0.493 e. The molecule has 0 fully saturated rings. The second-order valence-corrected chi connectivity index (χ2v) is 7.45. The molecule has 0 saturated heterocycles. The maximum absolute atomic E-state index is 5.98. The molecule has 0 spiro atoms. The van der Waals surface area contributed by atoms with Crippen molar-refractivity contribution in [1.82, 2.24) is 14.9 Å². The van der Waals surface area contributed by atoms with Crippen LogP contribution in [0.4, 0.5) is 0 Å². The lowest BCUT2D eigenvalue weighted by Gasteiger charge is -2.29. The highest BCUT2D eigenvalue weighted by molar-refractivity contribution is 6.30. The molecule has 0 amide bonds. The smallest absolute Gasteiger partial charge is 0.165 e. The fourth-order valence-corrected chi connectivity index (χ4v) is 3.77. The molecule has 150 valence electrons. The van der Waals surface area contributed by atoms with Crippen molar-refractivity contribution in [3.8, 4) is 22.9 Å². The van der Waals surface area contributed by atoms with Gasteiger partial charge in [-0.3, -0.25) is 4.90 Å². The SMILES string of the molecule is CCOc1c(CN2CCc3nc(-c4ccc(Cl)cc4)ncc3C2)cccc1OC. The lowest BCUT2D eigenvalue weighted by Crippen LogP contribution is -2.31. The van der Waals surface area contributed by atoms with Gasteiger partial charge in [-0.25, -0.2) is 9.97 Å². The Balaban J connectivity index is 1.52. The third kappa shape index (κ3) is 4.36. The number of benzene rings is 2. The van der Waals surface area contributed by atoms with E-state index in [2.05, 4.69) is 16.0 Å². The lowest BCUT2D eigenvalue weighted by molar-refractivity contribution is 0.234. The van der Waals surface area contributed by atoms with Gasteiger partial charge in [0.05, 0.1) is 19.4 Å². The van der Waals surface area contributed by atoms with Crippen molar-refractivity contribution in [3.05, 3.63) is 70.5 Å². The van der Waals surface area contributed by atoms with Crippen LogP contribution in [0.15, 0.2) is 48.7 Å². The van der Waals surface area contributed by atoms with Crippen molar-refractivity contribution in [1.29, 1.82) is 0 Å². The normalized spacial score (nSPS) is 13.8.